The Bertz CT molecular complexity index is 542. The minimum absolute atomic E-state index is 0.438. The minimum Gasteiger partial charge on any atom is -0.317 e. The summed E-state index contributed by atoms with van der Waals surface area (Å²) in [6.07, 6.45) is 4.82. The van der Waals surface area contributed by atoms with Crippen LogP contribution in [0.1, 0.15) is 34.9 Å². The number of aromatic nitrogens is 3. The molecule has 0 bridgehead atoms. The lowest BCUT2D eigenvalue weighted by Crippen LogP contribution is -2.27. The predicted octanol–water partition coefficient (Wildman–Crippen LogP) is 1.01. The van der Waals surface area contributed by atoms with E-state index in [2.05, 4.69) is 15.5 Å². The highest BCUT2D eigenvalue weighted by Crippen LogP contribution is 2.24. The molecule has 0 saturated carbocycles. The van der Waals surface area contributed by atoms with Crippen molar-refractivity contribution in [2.75, 3.05) is 13.1 Å². The molecule has 17 heavy (non-hydrogen) atoms. The van der Waals surface area contributed by atoms with E-state index in [0.717, 1.165) is 43.7 Å². The summed E-state index contributed by atoms with van der Waals surface area (Å²) in [5.41, 5.74) is 1.47. The van der Waals surface area contributed by atoms with E-state index < -0.39 is 0 Å². The number of rotatable bonds is 2. The fourth-order valence-corrected chi connectivity index (χ4v) is 2.35. The number of carbonyl (C=O) groups excluding carboxylic acids is 1. The van der Waals surface area contributed by atoms with E-state index in [1.54, 1.807) is 6.07 Å². The maximum Gasteiger partial charge on any atom is 0.160 e. The summed E-state index contributed by atoms with van der Waals surface area (Å²) in [4.78, 5) is 10.8. The van der Waals surface area contributed by atoms with Gasteiger partial charge in [-0.2, -0.15) is 0 Å². The van der Waals surface area contributed by atoms with Crippen molar-refractivity contribution in [2.24, 2.45) is 0 Å². The topological polar surface area (TPSA) is 59.3 Å². The van der Waals surface area contributed by atoms with Crippen molar-refractivity contribution in [3.63, 3.8) is 0 Å². The summed E-state index contributed by atoms with van der Waals surface area (Å²) in [6, 6.07) is 3.60. The molecule has 1 aliphatic rings. The Morgan fingerprint density at radius 3 is 2.88 bits per heavy atom. The Morgan fingerprint density at radius 2 is 2.12 bits per heavy atom. The fourth-order valence-electron chi connectivity index (χ4n) is 2.35. The number of nitrogens with one attached hydrogen (secondary N) is 1. The van der Waals surface area contributed by atoms with Crippen LogP contribution in [0.2, 0.25) is 0 Å². The van der Waals surface area contributed by atoms with E-state index >= 15 is 0 Å². The highest BCUT2D eigenvalue weighted by atomic mass is 16.1. The second kappa shape index (κ2) is 4.25. The van der Waals surface area contributed by atoms with E-state index in [1.807, 2.05) is 16.7 Å². The van der Waals surface area contributed by atoms with Crippen LogP contribution in [0.3, 0.4) is 0 Å². The van der Waals surface area contributed by atoms with Crippen LogP contribution in [0.15, 0.2) is 18.3 Å². The number of hydrogen-bond acceptors (Lipinski definition) is 4. The molecule has 1 saturated heterocycles. The summed E-state index contributed by atoms with van der Waals surface area (Å²) >= 11 is 0. The van der Waals surface area contributed by atoms with Crippen molar-refractivity contribution in [3.05, 3.63) is 29.7 Å². The van der Waals surface area contributed by atoms with Gasteiger partial charge in [-0.15, -0.1) is 10.2 Å². The standard InChI is InChI=1S/C12H14N4O/c17-8-9-1-2-11-14-15-12(16(11)7-9)10-3-5-13-6-4-10/h1-2,7-8,10,13H,3-6H2. The maximum atomic E-state index is 10.8. The number of pyridine rings is 1. The van der Waals surface area contributed by atoms with Gasteiger partial charge < -0.3 is 5.32 Å². The van der Waals surface area contributed by atoms with Crippen LogP contribution >= 0.6 is 0 Å². The Hall–Kier alpha value is -1.75. The largest absolute Gasteiger partial charge is 0.317 e. The molecular weight excluding hydrogens is 216 g/mol. The number of nitrogens with zero attached hydrogens (tertiary/aromatic N) is 3. The first-order chi connectivity index (χ1) is 8.38. The Morgan fingerprint density at radius 1 is 1.29 bits per heavy atom. The first-order valence-corrected chi connectivity index (χ1v) is 5.89. The molecular formula is C12H14N4O. The Kier molecular flexibility index (Phi) is 2.60. The molecule has 0 radical (unpaired) electrons. The molecule has 3 rings (SSSR count). The third kappa shape index (κ3) is 1.82. The molecule has 1 aliphatic heterocycles. The summed E-state index contributed by atoms with van der Waals surface area (Å²) in [7, 11) is 0. The number of carbonyl (C=O) groups is 1. The molecule has 3 heterocycles. The van der Waals surface area contributed by atoms with Crippen LogP contribution < -0.4 is 5.32 Å². The SMILES string of the molecule is O=Cc1ccc2nnc(C3CCNCC3)n2c1. The second-order valence-corrected chi connectivity index (χ2v) is 4.39. The number of aldehydes is 1. The van der Waals surface area contributed by atoms with Crippen molar-refractivity contribution in [2.45, 2.75) is 18.8 Å². The summed E-state index contributed by atoms with van der Waals surface area (Å²) in [6.45, 7) is 2.04. The van der Waals surface area contributed by atoms with Crippen LogP contribution in [-0.2, 0) is 0 Å². The molecule has 5 nitrogen and oxygen atoms in total. The number of hydrogen-bond donors (Lipinski definition) is 1. The molecule has 0 spiro atoms. The highest BCUT2D eigenvalue weighted by molar-refractivity contribution is 5.74. The predicted molar refractivity (Wildman–Crippen MR) is 63.2 cm³/mol. The van der Waals surface area contributed by atoms with E-state index in [1.165, 1.54) is 0 Å². The zero-order valence-corrected chi connectivity index (χ0v) is 9.47. The number of fused-ring (bicyclic) bond motifs is 1. The van der Waals surface area contributed by atoms with Gasteiger partial charge in [0.1, 0.15) is 5.82 Å². The zero-order chi connectivity index (χ0) is 11.7. The van der Waals surface area contributed by atoms with Gasteiger partial charge in [-0.05, 0) is 38.1 Å². The first kappa shape index (κ1) is 10.4. The van der Waals surface area contributed by atoms with Gasteiger partial charge in [0.25, 0.3) is 0 Å². The van der Waals surface area contributed by atoms with Crippen molar-refractivity contribution in [3.8, 4) is 0 Å². The lowest BCUT2D eigenvalue weighted by Gasteiger charge is -2.20. The molecule has 0 aliphatic carbocycles. The minimum atomic E-state index is 0.438. The maximum absolute atomic E-state index is 10.8. The van der Waals surface area contributed by atoms with Gasteiger partial charge in [-0.25, -0.2) is 0 Å². The van der Waals surface area contributed by atoms with Gasteiger partial charge in [0.05, 0.1) is 0 Å². The van der Waals surface area contributed by atoms with Crippen LogP contribution in [0.25, 0.3) is 5.65 Å². The quantitative estimate of drug-likeness (QED) is 0.782. The lowest BCUT2D eigenvalue weighted by molar-refractivity contribution is 0.112. The van der Waals surface area contributed by atoms with Crippen LogP contribution in [0.4, 0.5) is 0 Å². The van der Waals surface area contributed by atoms with E-state index in [9.17, 15) is 4.79 Å². The lowest BCUT2D eigenvalue weighted by atomic mass is 9.97. The molecule has 0 atom stereocenters. The molecule has 88 valence electrons. The zero-order valence-electron chi connectivity index (χ0n) is 9.47. The average molecular weight is 230 g/mol. The Balaban J connectivity index is 2.05. The second-order valence-electron chi connectivity index (χ2n) is 4.39. The molecule has 0 aromatic carbocycles. The fraction of sp³-hybridized carbons (Fsp3) is 0.417. The van der Waals surface area contributed by atoms with Gasteiger partial charge in [0.2, 0.25) is 0 Å². The summed E-state index contributed by atoms with van der Waals surface area (Å²) in [5, 5.41) is 11.7. The summed E-state index contributed by atoms with van der Waals surface area (Å²) in [5.74, 6) is 1.42. The Labute approximate surface area is 98.9 Å². The van der Waals surface area contributed by atoms with Crippen molar-refractivity contribution in [1.29, 1.82) is 0 Å². The third-order valence-electron chi connectivity index (χ3n) is 3.29. The molecule has 2 aromatic rings. The van der Waals surface area contributed by atoms with Crippen LogP contribution in [0, 0.1) is 0 Å². The van der Waals surface area contributed by atoms with Crippen LogP contribution in [-0.4, -0.2) is 34.0 Å². The van der Waals surface area contributed by atoms with Gasteiger partial charge in [-0.1, -0.05) is 0 Å². The van der Waals surface area contributed by atoms with Gasteiger partial charge >= 0.3 is 0 Å². The van der Waals surface area contributed by atoms with Crippen molar-refractivity contribution < 1.29 is 4.79 Å². The van der Waals surface area contributed by atoms with Gasteiger partial charge in [-0.3, -0.25) is 9.20 Å². The average Bonchev–Trinajstić information content (AvgIpc) is 2.82. The molecule has 0 amide bonds. The number of piperidine rings is 1. The van der Waals surface area contributed by atoms with Crippen LogP contribution in [0.5, 0.6) is 0 Å². The summed E-state index contributed by atoms with van der Waals surface area (Å²) < 4.78 is 1.94. The molecule has 2 aromatic heterocycles. The van der Waals surface area contributed by atoms with E-state index in [0.29, 0.717) is 11.5 Å². The van der Waals surface area contributed by atoms with Crippen molar-refractivity contribution >= 4 is 11.9 Å². The molecule has 0 unspecified atom stereocenters. The first-order valence-electron chi connectivity index (χ1n) is 5.89. The normalized spacial score (nSPS) is 17.4. The molecule has 5 heteroatoms. The van der Waals surface area contributed by atoms with E-state index in [-0.39, 0.29) is 0 Å². The van der Waals surface area contributed by atoms with Crippen molar-refractivity contribution in [1.82, 2.24) is 19.9 Å². The highest BCUT2D eigenvalue weighted by Gasteiger charge is 2.20. The third-order valence-corrected chi connectivity index (χ3v) is 3.29. The monoisotopic (exact) mass is 230 g/mol. The molecule has 1 N–H and O–H groups in total. The molecule has 1 fully saturated rings. The smallest absolute Gasteiger partial charge is 0.160 e. The van der Waals surface area contributed by atoms with Gasteiger partial charge in [0, 0.05) is 17.7 Å². The van der Waals surface area contributed by atoms with Gasteiger partial charge in [0.15, 0.2) is 11.9 Å². The van der Waals surface area contributed by atoms with E-state index in [4.69, 9.17) is 0 Å².